The molecule has 0 aliphatic heterocycles. The Labute approximate surface area is 137 Å². The Morgan fingerprint density at radius 3 is 2.48 bits per heavy atom. The van der Waals surface area contributed by atoms with Crippen molar-refractivity contribution in [2.45, 2.75) is 17.9 Å². The second-order valence-corrected chi connectivity index (χ2v) is 6.50. The Kier molecular flexibility index (Phi) is 6.24. The molecule has 0 bridgehead atoms. The van der Waals surface area contributed by atoms with Gasteiger partial charge in [-0.3, -0.25) is 4.21 Å². The van der Waals surface area contributed by atoms with E-state index in [0.29, 0.717) is 6.54 Å². The number of benzene rings is 2. The van der Waals surface area contributed by atoms with Gasteiger partial charge in [-0.05, 0) is 36.8 Å². The lowest BCUT2D eigenvalue weighted by molar-refractivity contribution is 0.292. The summed E-state index contributed by atoms with van der Waals surface area (Å²) < 4.78 is 42.8. The molecule has 23 heavy (non-hydrogen) atoms. The van der Waals surface area contributed by atoms with Crippen molar-refractivity contribution in [3.8, 4) is 5.75 Å². The molecule has 0 fully saturated rings. The number of halogens is 2. The first kappa shape index (κ1) is 17.6. The van der Waals surface area contributed by atoms with Crippen LogP contribution >= 0.6 is 0 Å². The molecule has 0 heterocycles. The molecular formula is C17H19F2NO2S. The van der Waals surface area contributed by atoms with E-state index in [-0.39, 0.29) is 18.4 Å². The van der Waals surface area contributed by atoms with Gasteiger partial charge in [0.05, 0.1) is 0 Å². The van der Waals surface area contributed by atoms with E-state index < -0.39 is 22.4 Å². The maximum Gasteiger partial charge on any atom is 0.167 e. The third-order valence-corrected chi connectivity index (χ3v) is 4.35. The molecule has 0 saturated carbocycles. The number of hydrogen-bond donors (Lipinski definition) is 1. The van der Waals surface area contributed by atoms with Crippen LogP contribution in [0.2, 0.25) is 0 Å². The van der Waals surface area contributed by atoms with Crippen LogP contribution in [-0.2, 0) is 10.8 Å². The minimum absolute atomic E-state index is 0.0376. The van der Waals surface area contributed by atoms with Crippen LogP contribution in [-0.4, -0.2) is 23.6 Å². The van der Waals surface area contributed by atoms with E-state index in [1.54, 1.807) is 6.26 Å². The minimum Gasteiger partial charge on any atom is -0.489 e. The molecule has 1 N–H and O–H groups in total. The van der Waals surface area contributed by atoms with Crippen molar-refractivity contribution < 1.29 is 17.7 Å². The Balaban J connectivity index is 1.80. The monoisotopic (exact) mass is 339 g/mol. The predicted molar refractivity (Wildman–Crippen MR) is 87.0 cm³/mol. The lowest BCUT2D eigenvalue weighted by Crippen LogP contribution is -2.24. The molecule has 6 heteroatoms. The van der Waals surface area contributed by atoms with E-state index in [1.807, 2.05) is 31.2 Å². The molecule has 0 aliphatic rings. The maximum absolute atomic E-state index is 13.4. The van der Waals surface area contributed by atoms with Crippen LogP contribution in [0, 0.1) is 11.6 Å². The van der Waals surface area contributed by atoms with E-state index in [4.69, 9.17) is 4.74 Å². The molecule has 0 radical (unpaired) electrons. The van der Waals surface area contributed by atoms with Crippen molar-refractivity contribution in [3.05, 3.63) is 59.7 Å². The molecule has 0 amide bonds. The van der Waals surface area contributed by atoms with Gasteiger partial charge in [0.2, 0.25) is 0 Å². The quantitative estimate of drug-likeness (QED) is 0.786. The highest BCUT2D eigenvalue weighted by Crippen LogP contribution is 2.18. The number of ether oxygens (including phenoxy) is 1. The van der Waals surface area contributed by atoms with Gasteiger partial charge >= 0.3 is 0 Å². The van der Waals surface area contributed by atoms with Crippen LogP contribution in [0.4, 0.5) is 8.78 Å². The Morgan fingerprint density at radius 1 is 1.17 bits per heavy atom. The average Bonchev–Trinajstić information content (AvgIpc) is 2.53. The van der Waals surface area contributed by atoms with Gasteiger partial charge in [-0.2, -0.15) is 0 Å². The highest BCUT2D eigenvalue weighted by atomic mass is 32.2. The average molecular weight is 339 g/mol. The van der Waals surface area contributed by atoms with Gasteiger partial charge in [0.25, 0.3) is 0 Å². The molecule has 124 valence electrons. The predicted octanol–water partition coefficient (Wildman–Crippen LogP) is 3.43. The molecule has 0 saturated heterocycles. The van der Waals surface area contributed by atoms with Gasteiger partial charge < -0.3 is 10.1 Å². The molecule has 3 nitrogen and oxygen atoms in total. The van der Waals surface area contributed by atoms with Crippen LogP contribution in [0.1, 0.15) is 18.5 Å². The largest absolute Gasteiger partial charge is 0.489 e. The van der Waals surface area contributed by atoms with E-state index in [9.17, 15) is 13.0 Å². The van der Waals surface area contributed by atoms with Crippen molar-refractivity contribution in [3.63, 3.8) is 0 Å². The number of hydrogen-bond acceptors (Lipinski definition) is 3. The third kappa shape index (κ3) is 5.11. The third-order valence-electron chi connectivity index (χ3n) is 3.42. The normalized spacial score (nSPS) is 13.6. The molecule has 2 atom stereocenters. The fourth-order valence-corrected chi connectivity index (χ4v) is 2.61. The summed E-state index contributed by atoms with van der Waals surface area (Å²) in [5, 5.41) is 3.25. The highest BCUT2D eigenvalue weighted by molar-refractivity contribution is 7.84. The first-order valence-corrected chi connectivity index (χ1v) is 8.78. The molecule has 0 aliphatic carbocycles. The van der Waals surface area contributed by atoms with E-state index >= 15 is 0 Å². The fraction of sp³-hybridized carbons (Fsp3) is 0.294. The van der Waals surface area contributed by atoms with Gasteiger partial charge in [0, 0.05) is 40.6 Å². The molecule has 2 aromatic rings. The van der Waals surface area contributed by atoms with E-state index in [2.05, 4.69) is 5.32 Å². The van der Waals surface area contributed by atoms with Crippen molar-refractivity contribution in [2.75, 3.05) is 19.4 Å². The highest BCUT2D eigenvalue weighted by Gasteiger charge is 2.07. The molecule has 0 aromatic heterocycles. The number of nitrogens with one attached hydrogen (secondary N) is 1. The Morgan fingerprint density at radius 2 is 1.87 bits per heavy atom. The second kappa shape index (κ2) is 8.17. The van der Waals surface area contributed by atoms with Crippen LogP contribution in [0.3, 0.4) is 0 Å². The molecule has 2 aromatic carbocycles. The van der Waals surface area contributed by atoms with Crippen molar-refractivity contribution in [1.82, 2.24) is 5.32 Å². The second-order valence-electron chi connectivity index (χ2n) is 5.12. The lowest BCUT2D eigenvalue weighted by Gasteiger charge is -2.15. The summed E-state index contributed by atoms with van der Waals surface area (Å²) in [4.78, 5) is 0.788. The molecule has 2 rings (SSSR count). The molecular weight excluding hydrogens is 320 g/mol. The van der Waals surface area contributed by atoms with Gasteiger partial charge in [-0.1, -0.05) is 12.1 Å². The van der Waals surface area contributed by atoms with Crippen molar-refractivity contribution in [1.29, 1.82) is 0 Å². The summed E-state index contributed by atoms with van der Waals surface area (Å²) >= 11 is 0. The SMILES string of the molecule is C[C@H](NCCOc1ccc(F)cc1F)c1ccc([S@](C)=O)cc1. The fourth-order valence-electron chi connectivity index (χ4n) is 2.09. The van der Waals surface area contributed by atoms with Crippen LogP contribution in [0.15, 0.2) is 47.4 Å². The summed E-state index contributed by atoms with van der Waals surface area (Å²) in [5.74, 6) is -1.30. The molecule has 0 spiro atoms. The zero-order valence-electron chi connectivity index (χ0n) is 13.0. The summed E-state index contributed by atoms with van der Waals surface area (Å²) in [6.07, 6.45) is 1.64. The maximum atomic E-state index is 13.4. The van der Waals surface area contributed by atoms with Crippen LogP contribution < -0.4 is 10.1 Å². The van der Waals surface area contributed by atoms with E-state index in [0.717, 1.165) is 22.6 Å². The van der Waals surface area contributed by atoms with Gasteiger partial charge in [-0.15, -0.1) is 0 Å². The molecule has 0 unspecified atom stereocenters. The topological polar surface area (TPSA) is 38.3 Å². The summed E-state index contributed by atoms with van der Waals surface area (Å²) in [5.41, 5.74) is 1.06. The summed E-state index contributed by atoms with van der Waals surface area (Å²) in [7, 11) is -0.985. The first-order chi connectivity index (χ1) is 11.0. The van der Waals surface area contributed by atoms with E-state index in [1.165, 1.54) is 6.07 Å². The summed E-state index contributed by atoms with van der Waals surface area (Å²) in [6, 6.07) is 10.8. The van der Waals surface area contributed by atoms with Crippen molar-refractivity contribution >= 4 is 10.8 Å². The van der Waals surface area contributed by atoms with Crippen LogP contribution in [0.25, 0.3) is 0 Å². The first-order valence-electron chi connectivity index (χ1n) is 7.22. The zero-order chi connectivity index (χ0) is 16.8. The lowest BCUT2D eigenvalue weighted by atomic mass is 10.1. The smallest absolute Gasteiger partial charge is 0.167 e. The van der Waals surface area contributed by atoms with Gasteiger partial charge in [-0.25, -0.2) is 8.78 Å². The van der Waals surface area contributed by atoms with Gasteiger partial charge in [0.15, 0.2) is 11.6 Å². The Hall–Kier alpha value is -1.79. The zero-order valence-corrected chi connectivity index (χ0v) is 13.8. The van der Waals surface area contributed by atoms with Crippen LogP contribution in [0.5, 0.6) is 5.75 Å². The summed E-state index contributed by atoms with van der Waals surface area (Å²) in [6.45, 7) is 2.78. The van der Waals surface area contributed by atoms with Gasteiger partial charge in [0.1, 0.15) is 12.4 Å². The van der Waals surface area contributed by atoms with Crippen molar-refractivity contribution in [2.24, 2.45) is 0 Å². The Bertz CT molecular complexity index is 677. The minimum atomic E-state index is -0.985. The number of rotatable bonds is 7. The standard InChI is InChI=1S/C17H19F2NO2S/c1-12(13-3-6-15(7-4-13)23(2)21)20-9-10-22-17-8-5-14(18)11-16(17)19/h3-8,11-12,20H,9-10H2,1-2H3/t12-,23-/m0/s1.